The standard InChI is InChI=1S/C54H32N2O/c1-2-14-36(15-3-1)55-46-23-10-8-19-40(46)45-29-33(26-28-48(45)55)34-25-27-41-42-21-12-22-44-53-43-20-9-11-24-47(43)56(50(53)32-52(54(42)44)57-51(41)31-34)49-30-35-13-4-5-16-37(35)38-17-6-7-18-39(38)49/h1-32H. The van der Waals surface area contributed by atoms with Crippen molar-refractivity contribution in [3.05, 3.63) is 194 Å². The van der Waals surface area contributed by atoms with E-state index in [2.05, 4.69) is 203 Å². The highest BCUT2D eigenvalue weighted by molar-refractivity contribution is 6.26. The van der Waals surface area contributed by atoms with Gasteiger partial charge in [0.2, 0.25) is 0 Å². The molecule has 0 spiro atoms. The monoisotopic (exact) mass is 724 g/mol. The van der Waals surface area contributed by atoms with Crippen LogP contribution in [0.1, 0.15) is 0 Å². The molecule has 57 heavy (non-hydrogen) atoms. The Morgan fingerprint density at radius 3 is 1.82 bits per heavy atom. The molecule has 0 radical (unpaired) electrons. The number of hydrogen-bond acceptors (Lipinski definition) is 1. The number of fused-ring (bicyclic) bond motifs is 12. The Hall–Kier alpha value is -7.62. The van der Waals surface area contributed by atoms with E-state index in [0.29, 0.717) is 0 Å². The van der Waals surface area contributed by atoms with Crippen LogP contribution in [0, 0.1) is 0 Å². The van der Waals surface area contributed by atoms with Crippen molar-refractivity contribution < 1.29 is 4.74 Å². The maximum atomic E-state index is 7.07. The highest BCUT2D eigenvalue weighted by Crippen LogP contribution is 2.52. The first-order chi connectivity index (χ1) is 28.3. The van der Waals surface area contributed by atoms with Gasteiger partial charge in [-0.1, -0.05) is 133 Å². The second-order valence-corrected chi connectivity index (χ2v) is 15.2. The van der Waals surface area contributed by atoms with Crippen LogP contribution in [0.25, 0.3) is 110 Å². The van der Waals surface area contributed by atoms with Crippen molar-refractivity contribution in [2.45, 2.75) is 0 Å². The lowest BCUT2D eigenvalue weighted by molar-refractivity contribution is 0.488. The predicted molar refractivity (Wildman–Crippen MR) is 239 cm³/mol. The van der Waals surface area contributed by atoms with E-state index in [-0.39, 0.29) is 0 Å². The summed E-state index contributed by atoms with van der Waals surface area (Å²) in [5, 5.41) is 12.3. The van der Waals surface area contributed by atoms with E-state index in [1.165, 1.54) is 76.3 Å². The lowest BCUT2D eigenvalue weighted by Gasteiger charge is -2.23. The van der Waals surface area contributed by atoms with Crippen molar-refractivity contribution in [3.8, 4) is 45.1 Å². The minimum Gasteiger partial charge on any atom is -0.456 e. The normalized spacial score (nSPS) is 12.4. The zero-order valence-electron chi connectivity index (χ0n) is 30.8. The second kappa shape index (κ2) is 11.5. The molecular weight excluding hydrogens is 693 g/mol. The van der Waals surface area contributed by atoms with E-state index < -0.39 is 0 Å². The van der Waals surface area contributed by atoms with Gasteiger partial charge in [-0.15, -0.1) is 0 Å². The van der Waals surface area contributed by atoms with Crippen LogP contribution in [0.5, 0.6) is 11.5 Å². The van der Waals surface area contributed by atoms with Gasteiger partial charge in [-0.25, -0.2) is 0 Å². The summed E-state index contributed by atoms with van der Waals surface area (Å²) in [5.74, 6) is 1.76. The Morgan fingerprint density at radius 2 is 0.965 bits per heavy atom. The minimum absolute atomic E-state index is 0.873. The molecule has 0 saturated heterocycles. The fraction of sp³-hybridized carbons (Fsp3) is 0. The largest absolute Gasteiger partial charge is 0.456 e. The number of ether oxygens (including phenoxy) is 1. The van der Waals surface area contributed by atoms with Crippen LogP contribution in [0.2, 0.25) is 0 Å². The van der Waals surface area contributed by atoms with E-state index in [1.807, 2.05) is 0 Å². The summed E-state index contributed by atoms with van der Waals surface area (Å²) >= 11 is 0. The smallest absolute Gasteiger partial charge is 0.138 e. The fourth-order valence-corrected chi connectivity index (χ4v) is 9.82. The van der Waals surface area contributed by atoms with Crippen LogP contribution in [0.3, 0.4) is 0 Å². The summed E-state index contributed by atoms with van der Waals surface area (Å²) in [6.45, 7) is 0. The number of rotatable bonds is 3. The first-order valence-electron chi connectivity index (χ1n) is 19.6. The molecule has 3 nitrogen and oxygen atoms in total. The molecule has 0 N–H and O–H groups in total. The molecule has 13 rings (SSSR count). The molecule has 12 aromatic rings. The van der Waals surface area contributed by atoms with Crippen LogP contribution in [-0.4, -0.2) is 9.13 Å². The summed E-state index contributed by atoms with van der Waals surface area (Å²) in [6.07, 6.45) is 0. The van der Waals surface area contributed by atoms with Gasteiger partial charge in [0, 0.05) is 49.6 Å². The predicted octanol–water partition coefficient (Wildman–Crippen LogP) is 14.8. The number of hydrogen-bond donors (Lipinski definition) is 0. The molecule has 3 heterocycles. The fourth-order valence-electron chi connectivity index (χ4n) is 9.82. The summed E-state index contributed by atoms with van der Waals surface area (Å²) < 4.78 is 11.9. The molecule has 0 unspecified atom stereocenters. The van der Waals surface area contributed by atoms with Gasteiger partial charge in [0.05, 0.1) is 27.8 Å². The zero-order valence-corrected chi connectivity index (χ0v) is 30.8. The Kier molecular flexibility index (Phi) is 6.16. The third kappa shape index (κ3) is 4.26. The van der Waals surface area contributed by atoms with Crippen molar-refractivity contribution in [2.75, 3.05) is 0 Å². The third-order valence-corrected chi connectivity index (χ3v) is 12.3. The molecule has 10 aromatic carbocycles. The summed E-state index contributed by atoms with van der Waals surface area (Å²) in [6, 6.07) is 70.6. The SMILES string of the molecule is c1ccc(-n2c3ccccc3c3cc(-c4ccc5c(c4)Oc4cc6c(c7cccc-5c47)c4ccccc4n6-c4cc5ccccc5c5ccccc45)ccc32)cc1. The van der Waals surface area contributed by atoms with E-state index in [0.717, 1.165) is 44.8 Å². The van der Waals surface area contributed by atoms with Gasteiger partial charge < -0.3 is 13.9 Å². The number of aromatic nitrogens is 2. The average molecular weight is 725 g/mol. The Bertz CT molecular complexity index is 3660. The first kappa shape index (κ1) is 30.7. The molecule has 2 aromatic heterocycles. The molecule has 0 amide bonds. The van der Waals surface area contributed by atoms with E-state index in [1.54, 1.807) is 0 Å². The minimum atomic E-state index is 0.873. The Morgan fingerprint density at radius 1 is 0.316 bits per heavy atom. The van der Waals surface area contributed by atoms with Crippen LogP contribution < -0.4 is 4.74 Å². The van der Waals surface area contributed by atoms with Crippen LogP contribution in [0.15, 0.2) is 194 Å². The lowest BCUT2D eigenvalue weighted by atomic mass is 9.91. The molecule has 0 atom stereocenters. The van der Waals surface area contributed by atoms with E-state index in [4.69, 9.17) is 4.74 Å². The molecule has 1 aliphatic rings. The third-order valence-electron chi connectivity index (χ3n) is 12.3. The van der Waals surface area contributed by atoms with Crippen molar-refractivity contribution in [1.82, 2.24) is 9.13 Å². The molecular formula is C54H32N2O. The van der Waals surface area contributed by atoms with Crippen molar-refractivity contribution in [1.29, 1.82) is 0 Å². The van der Waals surface area contributed by atoms with E-state index in [9.17, 15) is 0 Å². The second-order valence-electron chi connectivity index (χ2n) is 15.2. The Labute approximate surface area is 327 Å². The maximum absolute atomic E-state index is 7.07. The van der Waals surface area contributed by atoms with Gasteiger partial charge in [-0.05, 0) is 92.8 Å². The van der Waals surface area contributed by atoms with Gasteiger partial charge in [0.15, 0.2) is 0 Å². The van der Waals surface area contributed by atoms with Crippen molar-refractivity contribution in [3.63, 3.8) is 0 Å². The molecule has 1 aliphatic heterocycles. The lowest BCUT2D eigenvalue weighted by Crippen LogP contribution is -2.00. The maximum Gasteiger partial charge on any atom is 0.138 e. The number of para-hydroxylation sites is 3. The topological polar surface area (TPSA) is 19.1 Å². The number of benzene rings is 10. The molecule has 0 aliphatic carbocycles. The molecule has 0 fully saturated rings. The summed E-state index contributed by atoms with van der Waals surface area (Å²) in [7, 11) is 0. The number of nitrogens with zero attached hydrogens (tertiary/aromatic N) is 2. The molecule has 264 valence electrons. The van der Waals surface area contributed by atoms with Gasteiger partial charge in [-0.3, -0.25) is 0 Å². The molecule has 0 bridgehead atoms. The quantitative estimate of drug-likeness (QED) is 0.166. The van der Waals surface area contributed by atoms with Gasteiger partial charge in [-0.2, -0.15) is 0 Å². The summed E-state index contributed by atoms with van der Waals surface area (Å²) in [4.78, 5) is 0. The van der Waals surface area contributed by atoms with Crippen LogP contribution >= 0.6 is 0 Å². The van der Waals surface area contributed by atoms with Crippen LogP contribution in [-0.2, 0) is 0 Å². The van der Waals surface area contributed by atoms with Crippen molar-refractivity contribution >= 4 is 75.9 Å². The van der Waals surface area contributed by atoms with E-state index >= 15 is 0 Å². The summed E-state index contributed by atoms with van der Waals surface area (Å²) in [5.41, 5.74) is 11.6. The zero-order chi connectivity index (χ0) is 37.2. The average Bonchev–Trinajstić information content (AvgIpc) is 3.79. The highest BCUT2D eigenvalue weighted by Gasteiger charge is 2.26. The first-order valence-corrected chi connectivity index (χ1v) is 19.6. The molecule has 0 saturated carbocycles. The molecule has 3 heteroatoms. The van der Waals surface area contributed by atoms with Crippen LogP contribution in [0.4, 0.5) is 0 Å². The van der Waals surface area contributed by atoms with Gasteiger partial charge >= 0.3 is 0 Å². The highest BCUT2D eigenvalue weighted by atomic mass is 16.5. The van der Waals surface area contributed by atoms with Crippen molar-refractivity contribution in [2.24, 2.45) is 0 Å². The van der Waals surface area contributed by atoms with Gasteiger partial charge in [0.25, 0.3) is 0 Å². The Balaban J connectivity index is 1.02. The van der Waals surface area contributed by atoms with Gasteiger partial charge in [0.1, 0.15) is 11.5 Å².